The number of ether oxygens (including phenoxy) is 2. The molecule has 4 heteroatoms. The van der Waals surface area contributed by atoms with E-state index in [-0.39, 0.29) is 17.4 Å². The number of unbranched alkanes of at least 4 members (excludes halogenated alkanes) is 1. The molecule has 2 aromatic rings. The molecule has 1 aliphatic rings. The van der Waals surface area contributed by atoms with E-state index in [1.807, 2.05) is 0 Å². The number of benzene rings is 2. The minimum Gasteiger partial charge on any atom is -0.490 e. The standard InChI is InChI=1S/C23H28F2O2/c1-2-3-15-26-20-13-7-17(8-14-20)16-27-22-6-4-5-21(23(22)25)18-9-11-19(24)12-10-18/h4-6,9-12,17,20H,2-3,7-8,13-16H2,1H3. The summed E-state index contributed by atoms with van der Waals surface area (Å²) in [6.07, 6.45) is 6.85. The molecular formula is C23H28F2O2. The largest absolute Gasteiger partial charge is 0.490 e. The summed E-state index contributed by atoms with van der Waals surface area (Å²) in [7, 11) is 0. The van der Waals surface area contributed by atoms with E-state index in [1.165, 1.54) is 12.1 Å². The first-order valence-electron chi connectivity index (χ1n) is 9.96. The topological polar surface area (TPSA) is 18.5 Å². The molecule has 0 aromatic heterocycles. The molecule has 0 bridgehead atoms. The van der Waals surface area contributed by atoms with Crippen LogP contribution in [0.15, 0.2) is 42.5 Å². The van der Waals surface area contributed by atoms with Crippen molar-refractivity contribution >= 4 is 0 Å². The fourth-order valence-corrected chi connectivity index (χ4v) is 3.54. The van der Waals surface area contributed by atoms with E-state index in [1.54, 1.807) is 30.3 Å². The maximum atomic E-state index is 14.8. The predicted molar refractivity (Wildman–Crippen MR) is 104 cm³/mol. The van der Waals surface area contributed by atoms with Crippen LogP contribution in [0, 0.1) is 17.6 Å². The smallest absolute Gasteiger partial charge is 0.172 e. The van der Waals surface area contributed by atoms with Crippen LogP contribution in [0.5, 0.6) is 5.75 Å². The molecule has 0 N–H and O–H groups in total. The van der Waals surface area contributed by atoms with Crippen molar-refractivity contribution in [3.05, 3.63) is 54.1 Å². The van der Waals surface area contributed by atoms with Crippen LogP contribution in [0.4, 0.5) is 8.78 Å². The Balaban J connectivity index is 1.53. The molecule has 146 valence electrons. The summed E-state index contributed by atoms with van der Waals surface area (Å²) >= 11 is 0. The Kier molecular flexibility index (Phi) is 7.22. The molecule has 1 fully saturated rings. The molecule has 0 heterocycles. The van der Waals surface area contributed by atoms with Gasteiger partial charge in [0.2, 0.25) is 0 Å². The summed E-state index contributed by atoms with van der Waals surface area (Å²) in [6, 6.07) is 11.0. The molecule has 0 saturated heterocycles. The maximum absolute atomic E-state index is 14.8. The quantitative estimate of drug-likeness (QED) is 0.499. The Labute approximate surface area is 160 Å². The Morgan fingerprint density at radius 1 is 0.963 bits per heavy atom. The van der Waals surface area contributed by atoms with Crippen molar-refractivity contribution in [3.8, 4) is 16.9 Å². The van der Waals surface area contributed by atoms with Crippen LogP contribution in [0.25, 0.3) is 11.1 Å². The molecule has 1 saturated carbocycles. The van der Waals surface area contributed by atoms with Crippen LogP contribution in [0.2, 0.25) is 0 Å². The van der Waals surface area contributed by atoms with E-state index >= 15 is 0 Å². The normalized spacial score (nSPS) is 19.8. The molecule has 1 aliphatic carbocycles. The summed E-state index contributed by atoms with van der Waals surface area (Å²) in [5, 5.41) is 0. The highest BCUT2D eigenvalue weighted by atomic mass is 19.1. The van der Waals surface area contributed by atoms with Gasteiger partial charge in [-0.1, -0.05) is 37.6 Å². The van der Waals surface area contributed by atoms with Gasteiger partial charge in [0.25, 0.3) is 0 Å². The highest BCUT2D eigenvalue weighted by Crippen LogP contribution is 2.31. The van der Waals surface area contributed by atoms with Crippen LogP contribution in [0.3, 0.4) is 0 Å². The number of hydrogen-bond acceptors (Lipinski definition) is 2. The molecule has 2 nitrogen and oxygen atoms in total. The van der Waals surface area contributed by atoms with E-state index in [9.17, 15) is 8.78 Å². The van der Waals surface area contributed by atoms with E-state index in [2.05, 4.69) is 6.92 Å². The zero-order valence-electron chi connectivity index (χ0n) is 15.9. The molecule has 27 heavy (non-hydrogen) atoms. The van der Waals surface area contributed by atoms with Gasteiger partial charge in [-0.2, -0.15) is 0 Å². The van der Waals surface area contributed by atoms with Crippen molar-refractivity contribution in [1.29, 1.82) is 0 Å². The van der Waals surface area contributed by atoms with Crippen molar-refractivity contribution in [2.45, 2.75) is 51.6 Å². The number of halogens is 2. The van der Waals surface area contributed by atoms with Crippen molar-refractivity contribution in [2.24, 2.45) is 5.92 Å². The van der Waals surface area contributed by atoms with Crippen LogP contribution in [-0.4, -0.2) is 19.3 Å². The first-order valence-corrected chi connectivity index (χ1v) is 9.96. The van der Waals surface area contributed by atoms with Gasteiger partial charge in [0.15, 0.2) is 11.6 Å². The fraction of sp³-hybridized carbons (Fsp3) is 0.478. The van der Waals surface area contributed by atoms with Crippen molar-refractivity contribution in [2.75, 3.05) is 13.2 Å². The average Bonchev–Trinajstić information content (AvgIpc) is 2.69. The zero-order valence-corrected chi connectivity index (χ0v) is 15.9. The summed E-state index contributed by atoms with van der Waals surface area (Å²) in [4.78, 5) is 0. The first kappa shape index (κ1) is 19.8. The Morgan fingerprint density at radius 3 is 2.41 bits per heavy atom. The van der Waals surface area contributed by atoms with Gasteiger partial charge in [-0.3, -0.25) is 0 Å². The third-order valence-corrected chi connectivity index (χ3v) is 5.24. The first-order chi connectivity index (χ1) is 13.2. The minimum absolute atomic E-state index is 0.262. The van der Waals surface area contributed by atoms with Gasteiger partial charge in [0.05, 0.1) is 12.7 Å². The van der Waals surface area contributed by atoms with Gasteiger partial charge in [0.1, 0.15) is 5.82 Å². The zero-order chi connectivity index (χ0) is 19.1. The fourth-order valence-electron chi connectivity index (χ4n) is 3.54. The number of hydrogen-bond donors (Lipinski definition) is 0. The highest BCUT2D eigenvalue weighted by Gasteiger charge is 2.22. The molecule has 0 amide bonds. The molecule has 3 rings (SSSR count). The molecule has 0 atom stereocenters. The van der Waals surface area contributed by atoms with Crippen LogP contribution >= 0.6 is 0 Å². The van der Waals surface area contributed by atoms with Crippen molar-refractivity contribution in [3.63, 3.8) is 0 Å². The lowest BCUT2D eigenvalue weighted by Crippen LogP contribution is -2.25. The second-order valence-corrected chi connectivity index (χ2v) is 7.30. The Morgan fingerprint density at radius 2 is 1.70 bits per heavy atom. The summed E-state index contributed by atoms with van der Waals surface area (Å²) in [6.45, 7) is 3.54. The van der Waals surface area contributed by atoms with Gasteiger partial charge >= 0.3 is 0 Å². The van der Waals surface area contributed by atoms with E-state index in [0.29, 0.717) is 29.8 Å². The third kappa shape index (κ3) is 5.52. The third-order valence-electron chi connectivity index (χ3n) is 5.24. The maximum Gasteiger partial charge on any atom is 0.172 e. The Bertz CT molecular complexity index is 707. The van der Waals surface area contributed by atoms with Crippen molar-refractivity contribution in [1.82, 2.24) is 0 Å². The molecule has 2 aromatic carbocycles. The van der Waals surface area contributed by atoms with Gasteiger partial charge in [0, 0.05) is 12.2 Å². The predicted octanol–water partition coefficient (Wildman–Crippen LogP) is 6.39. The SMILES string of the molecule is CCCCOC1CCC(COc2cccc(-c3ccc(F)cc3)c2F)CC1. The van der Waals surface area contributed by atoms with E-state index in [4.69, 9.17) is 9.47 Å². The van der Waals surface area contributed by atoms with Crippen LogP contribution in [0.1, 0.15) is 45.4 Å². The van der Waals surface area contributed by atoms with Crippen LogP contribution in [-0.2, 0) is 4.74 Å². The Hall–Kier alpha value is -1.94. The average molecular weight is 374 g/mol. The summed E-state index contributed by atoms with van der Waals surface area (Å²) in [5.41, 5.74) is 1.07. The van der Waals surface area contributed by atoms with E-state index < -0.39 is 0 Å². The molecule has 0 radical (unpaired) electrons. The minimum atomic E-state index is -0.388. The van der Waals surface area contributed by atoms with Crippen molar-refractivity contribution < 1.29 is 18.3 Å². The van der Waals surface area contributed by atoms with Gasteiger partial charge in [-0.25, -0.2) is 8.78 Å². The monoisotopic (exact) mass is 374 g/mol. The second-order valence-electron chi connectivity index (χ2n) is 7.30. The molecule has 0 aliphatic heterocycles. The van der Waals surface area contributed by atoms with Gasteiger partial charge in [-0.15, -0.1) is 0 Å². The summed E-state index contributed by atoms with van der Waals surface area (Å²) < 4.78 is 39.6. The molecular weight excluding hydrogens is 346 g/mol. The molecule has 0 unspecified atom stereocenters. The second kappa shape index (κ2) is 9.84. The van der Waals surface area contributed by atoms with Gasteiger partial charge < -0.3 is 9.47 Å². The lowest BCUT2D eigenvalue weighted by atomic mass is 9.88. The van der Waals surface area contributed by atoms with E-state index in [0.717, 1.165) is 45.1 Å². The van der Waals surface area contributed by atoms with Gasteiger partial charge in [-0.05, 0) is 61.8 Å². The molecule has 0 spiro atoms. The lowest BCUT2D eigenvalue weighted by Gasteiger charge is -2.28. The van der Waals surface area contributed by atoms with Crippen LogP contribution < -0.4 is 4.74 Å². The summed E-state index contributed by atoms with van der Waals surface area (Å²) in [5.74, 6) is -0.0235. The lowest BCUT2D eigenvalue weighted by molar-refractivity contribution is 0.0114. The number of rotatable bonds is 8. The highest BCUT2D eigenvalue weighted by molar-refractivity contribution is 5.65.